The monoisotopic (exact) mass is 211 g/mol. The molecule has 2 aliphatic rings. The second kappa shape index (κ2) is 4.81. The lowest BCUT2D eigenvalue weighted by atomic mass is 10.1. The van der Waals surface area contributed by atoms with E-state index in [0.717, 1.165) is 19.0 Å². The van der Waals surface area contributed by atoms with Crippen molar-refractivity contribution in [2.45, 2.75) is 50.7 Å². The summed E-state index contributed by atoms with van der Waals surface area (Å²) in [4.78, 5) is 5.23. The summed E-state index contributed by atoms with van der Waals surface area (Å²) in [5, 5.41) is 0. The first-order chi connectivity index (χ1) is 7.22. The Hall–Kier alpha value is -0.120. The van der Waals surface area contributed by atoms with Crippen LogP contribution < -0.4 is 5.73 Å². The van der Waals surface area contributed by atoms with Gasteiger partial charge < -0.3 is 5.73 Å². The summed E-state index contributed by atoms with van der Waals surface area (Å²) in [7, 11) is 2.27. The molecular formula is C12H25N3. The van der Waals surface area contributed by atoms with Gasteiger partial charge in [0.2, 0.25) is 0 Å². The molecule has 0 radical (unpaired) electrons. The van der Waals surface area contributed by atoms with Gasteiger partial charge in [-0.15, -0.1) is 0 Å². The molecule has 1 saturated carbocycles. The highest BCUT2D eigenvalue weighted by atomic mass is 15.3. The number of rotatable bonds is 3. The highest BCUT2D eigenvalue weighted by Gasteiger charge is 2.34. The van der Waals surface area contributed by atoms with Gasteiger partial charge in [0, 0.05) is 24.7 Å². The average molecular weight is 211 g/mol. The van der Waals surface area contributed by atoms with Crippen molar-refractivity contribution < 1.29 is 0 Å². The number of nitrogens with zero attached hydrogens (tertiary/aromatic N) is 2. The van der Waals surface area contributed by atoms with E-state index < -0.39 is 0 Å². The van der Waals surface area contributed by atoms with Gasteiger partial charge in [0.05, 0.1) is 0 Å². The third-order valence-corrected chi connectivity index (χ3v) is 4.11. The minimum absolute atomic E-state index is 0.674. The van der Waals surface area contributed by atoms with Crippen LogP contribution >= 0.6 is 0 Å². The molecule has 0 aromatic rings. The van der Waals surface area contributed by atoms with Crippen molar-refractivity contribution in [1.29, 1.82) is 0 Å². The van der Waals surface area contributed by atoms with E-state index in [1.165, 1.54) is 32.4 Å². The zero-order valence-electron chi connectivity index (χ0n) is 10.2. The van der Waals surface area contributed by atoms with Crippen LogP contribution in [-0.4, -0.2) is 54.6 Å². The van der Waals surface area contributed by atoms with Crippen molar-refractivity contribution in [2.75, 3.05) is 26.7 Å². The number of likely N-dealkylation sites (N-methyl/N-ethyl adjacent to an activating group) is 1. The van der Waals surface area contributed by atoms with Crippen LogP contribution in [0.4, 0.5) is 0 Å². The molecule has 1 heterocycles. The molecule has 0 aromatic heterocycles. The van der Waals surface area contributed by atoms with E-state index in [9.17, 15) is 0 Å². The molecule has 1 aliphatic carbocycles. The number of hydrogen-bond acceptors (Lipinski definition) is 3. The van der Waals surface area contributed by atoms with Crippen molar-refractivity contribution in [2.24, 2.45) is 5.73 Å². The van der Waals surface area contributed by atoms with E-state index >= 15 is 0 Å². The summed E-state index contributed by atoms with van der Waals surface area (Å²) in [5.74, 6) is 0. The Balaban J connectivity index is 1.97. The van der Waals surface area contributed by atoms with Gasteiger partial charge >= 0.3 is 0 Å². The van der Waals surface area contributed by atoms with Gasteiger partial charge in [0.25, 0.3) is 0 Å². The zero-order chi connectivity index (χ0) is 10.8. The third-order valence-electron chi connectivity index (χ3n) is 4.11. The summed E-state index contributed by atoms with van der Waals surface area (Å²) >= 11 is 0. The largest absolute Gasteiger partial charge is 0.330 e. The quantitative estimate of drug-likeness (QED) is 0.752. The predicted molar refractivity (Wildman–Crippen MR) is 63.9 cm³/mol. The fraction of sp³-hybridized carbons (Fsp3) is 1.00. The number of hydrogen-bond donors (Lipinski definition) is 1. The molecule has 2 rings (SSSR count). The van der Waals surface area contributed by atoms with Gasteiger partial charge in [0.15, 0.2) is 0 Å². The molecule has 0 aromatic carbocycles. The molecular weight excluding hydrogens is 186 g/mol. The molecule has 1 saturated heterocycles. The molecule has 2 fully saturated rings. The minimum atomic E-state index is 0.674. The molecule has 0 amide bonds. The second-order valence-electron chi connectivity index (χ2n) is 5.26. The van der Waals surface area contributed by atoms with Crippen molar-refractivity contribution in [3.63, 3.8) is 0 Å². The maximum Gasteiger partial charge on any atom is 0.0235 e. The van der Waals surface area contributed by atoms with Crippen molar-refractivity contribution in [3.05, 3.63) is 0 Å². The fourth-order valence-corrected chi connectivity index (χ4v) is 2.67. The van der Waals surface area contributed by atoms with Crippen LogP contribution in [0.3, 0.4) is 0 Å². The first-order valence-electron chi connectivity index (χ1n) is 6.38. The Morgan fingerprint density at radius 2 is 2.00 bits per heavy atom. The van der Waals surface area contributed by atoms with Gasteiger partial charge in [-0.25, -0.2) is 0 Å². The maximum absolute atomic E-state index is 5.71. The predicted octanol–water partition coefficient (Wildman–Crippen LogP) is 0.892. The highest BCUT2D eigenvalue weighted by molar-refractivity contribution is 4.90. The fourth-order valence-electron chi connectivity index (χ4n) is 2.67. The van der Waals surface area contributed by atoms with Gasteiger partial charge in [-0.05, 0) is 52.7 Å². The Bertz CT molecular complexity index is 203. The maximum atomic E-state index is 5.71. The highest BCUT2D eigenvalue weighted by Crippen LogP contribution is 2.29. The Morgan fingerprint density at radius 1 is 1.27 bits per heavy atom. The molecule has 88 valence electrons. The van der Waals surface area contributed by atoms with Crippen LogP contribution in [0.2, 0.25) is 0 Å². The normalized spacial score (nSPS) is 35.4. The van der Waals surface area contributed by atoms with Crippen molar-refractivity contribution >= 4 is 0 Å². The second-order valence-corrected chi connectivity index (χ2v) is 5.26. The molecule has 0 bridgehead atoms. The summed E-state index contributed by atoms with van der Waals surface area (Å²) in [6.07, 6.45) is 5.30. The summed E-state index contributed by atoms with van der Waals surface area (Å²) in [6.45, 7) is 5.69. The van der Waals surface area contributed by atoms with Crippen LogP contribution in [0.5, 0.6) is 0 Å². The van der Waals surface area contributed by atoms with E-state index in [1.807, 2.05) is 0 Å². The van der Waals surface area contributed by atoms with E-state index in [4.69, 9.17) is 5.73 Å². The van der Waals surface area contributed by atoms with E-state index in [0.29, 0.717) is 12.1 Å². The third kappa shape index (κ3) is 2.71. The number of nitrogens with two attached hydrogens (primary N) is 1. The van der Waals surface area contributed by atoms with Crippen LogP contribution in [0, 0.1) is 0 Å². The minimum Gasteiger partial charge on any atom is -0.330 e. The zero-order valence-corrected chi connectivity index (χ0v) is 10.2. The molecule has 2 atom stereocenters. The van der Waals surface area contributed by atoms with Crippen LogP contribution in [0.15, 0.2) is 0 Å². The lowest BCUT2D eigenvalue weighted by Gasteiger charge is -2.31. The summed E-state index contributed by atoms with van der Waals surface area (Å²) < 4.78 is 0. The molecule has 3 nitrogen and oxygen atoms in total. The molecule has 15 heavy (non-hydrogen) atoms. The van der Waals surface area contributed by atoms with Crippen molar-refractivity contribution in [3.8, 4) is 0 Å². The molecule has 0 spiro atoms. The Kier molecular flexibility index (Phi) is 3.65. The average Bonchev–Trinajstić information content (AvgIpc) is 3.03. The molecule has 1 aliphatic heterocycles. The first-order valence-corrected chi connectivity index (χ1v) is 6.38. The standard InChI is InChI=1S/C12H25N3/c1-10-6-8-15(11-3-4-11)9-12(5-7-13)14(10)2/h10-12H,3-9,13H2,1-2H3. The van der Waals surface area contributed by atoms with Crippen LogP contribution in [0.1, 0.15) is 32.6 Å². The summed E-state index contributed by atoms with van der Waals surface area (Å²) in [6, 6.07) is 2.29. The van der Waals surface area contributed by atoms with Crippen LogP contribution in [0.25, 0.3) is 0 Å². The van der Waals surface area contributed by atoms with Gasteiger partial charge in [-0.1, -0.05) is 0 Å². The lowest BCUT2D eigenvalue weighted by Crippen LogP contribution is -2.43. The van der Waals surface area contributed by atoms with Crippen LogP contribution in [-0.2, 0) is 0 Å². The van der Waals surface area contributed by atoms with Crippen molar-refractivity contribution in [1.82, 2.24) is 9.80 Å². The molecule has 2 N–H and O–H groups in total. The van der Waals surface area contributed by atoms with E-state index in [2.05, 4.69) is 23.8 Å². The van der Waals surface area contributed by atoms with E-state index in [-0.39, 0.29) is 0 Å². The smallest absolute Gasteiger partial charge is 0.0235 e. The Labute approximate surface area is 93.6 Å². The topological polar surface area (TPSA) is 32.5 Å². The summed E-state index contributed by atoms with van der Waals surface area (Å²) in [5.41, 5.74) is 5.71. The van der Waals surface area contributed by atoms with Gasteiger partial charge in [-0.3, -0.25) is 9.80 Å². The molecule has 2 unspecified atom stereocenters. The first kappa shape index (κ1) is 11.4. The van der Waals surface area contributed by atoms with Gasteiger partial charge in [-0.2, -0.15) is 0 Å². The van der Waals surface area contributed by atoms with E-state index in [1.54, 1.807) is 0 Å². The SMILES string of the molecule is CC1CCN(C2CC2)CC(CCN)N1C. The molecule has 3 heteroatoms. The lowest BCUT2D eigenvalue weighted by molar-refractivity contribution is 0.166. The van der Waals surface area contributed by atoms with Gasteiger partial charge in [0.1, 0.15) is 0 Å². The Morgan fingerprint density at radius 3 is 2.60 bits per heavy atom.